The summed E-state index contributed by atoms with van der Waals surface area (Å²) in [5.74, 6) is 0.708. The second kappa shape index (κ2) is 10.7. The van der Waals surface area contributed by atoms with Crippen LogP contribution in [0.4, 0.5) is 0 Å². The monoisotopic (exact) mass is 492 g/mol. The average molecular weight is 493 g/mol. The number of benzene rings is 3. The fourth-order valence-electron chi connectivity index (χ4n) is 4.63. The molecule has 3 aromatic carbocycles. The lowest BCUT2D eigenvalue weighted by molar-refractivity contribution is 1.00. The maximum Gasteiger partial charge on any atom is 0.159 e. The van der Waals surface area contributed by atoms with E-state index in [1.165, 1.54) is 29.5 Å². The number of fused-ring (bicyclic) bond motifs is 3. The maximum atomic E-state index is 4.77. The molecule has 38 heavy (non-hydrogen) atoms. The van der Waals surface area contributed by atoms with Gasteiger partial charge in [0.25, 0.3) is 0 Å². The summed E-state index contributed by atoms with van der Waals surface area (Å²) in [6, 6.07) is 35.1. The van der Waals surface area contributed by atoms with E-state index in [-0.39, 0.29) is 0 Å². The molecule has 0 amide bonds. The molecular weight excluding hydrogens is 464 g/mol. The quantitative estimate of drug-likeness (QED) is 0.249. The summed E-state index contributed by atoms with van der Waals surface area (Å²) < 4.78 is 1.97. The first-order valence-electron chi connectivity index (χ1n) is 12.9. The molecule has 0 unspecified atom stereocenters. The Bertz CT molecular complexity index is 1760. The molecule has 0 saturated heterocycles. The Balaban J connectivity index is 0.000000171. The lowest BCUT2D eigenvalue weighted by Crippen LogP contribution is -1.93. The van der Waals surface area contributed by atoms with Crippen molar-refractivity contribution in [3.8, 4) is 22.8 Å². The van der Waals surface area contributed by atoms with Crippen molar-refractivity contribution >= 4 is 22.0 Å². The zero-order valence-corrected chi connectivity index (χ0v) is 21.3. The van der Waals surface area contributed by atoms with Crippen molar-refractivity contribution in [3.63, 3.8) is 0 Å². The molecule has 0 radical (unpaired) electrons. The van der Waals surface area contributed by atoms with Gasteiger partial charge in [0.2, 0.25) is 0 Å². The Labute approximate surface area is 222 Å². The van der Waals surface area contributed by atoms with Crippen LogP contribution in [-0.2, 0) is 0 Å². The average Bonchev–Trinajstić information content (AvgIpc) is 3.44. The topological polar surface area (TPSA) is 43.1 Å². The van der Waals surface area contributed by atoms with Crippen LogP contribution in [0, 0.1) is 6.92 Å². The molecule has 184 valence electrons. The fourth-order valence-corrected chi connectivity index (χ4v) is 4.63. The van der Waals surface area contributed by atoms with Crippen molar-refractivity contribution in [2.75, 3.05) is 0 Å². The van der Waals surface area contributed by atoms with Gasteiger partial charge in [0.1, 0.15) is 5.69 Å². The highest BCUT2D eigenvalue weighted by Gasteiger charge is 2.10. The van der Waals surface area contributed by atoms with Crippen molar-refractivity contribution in [1.29, 1.82) is 0 Å². The van der Waals surface area contributed by atoms with Gasteiger partial charge in [0, 0.05) is 17.1 Å². The van der Waals surface area contributed by atoms with Gasteiger partial charge in [0.05, 0.1) is 16.7 Å². The summed E-state index contributed by atoms with van der Waals surface area (Å²) in [5, 5.41) is 5.94. The molecule has 1 aliphatic carbocycles. The van der Waals surface area contributed by atoms with Crippen molar-refractivity contribution in [2.45, 2.75) is 19.8 Å². The van der Waals surface area contributed by atoms with Crippen LogP contribution < -0.4 is 0 Å². The summed E-state index contributed by atoms with van der Waals surface area (Å²) in [4.78, 5) is 9.09. The molecule has 0 saturated carbocycles. The molecular formula is C34H28N4. The molecule has 0 bridgehead atoms. The van der Waals surface area contributed by atoms with E-state index >= 15 is 0 Å². The van der Waals surface area contributed by atoms with E-state index < -0.39 is 0 Å². The summed E-state index contributed by atoms with van der Waals surface area (Å²) in [6.45, 7) is 2.12. The van der Waals surface area contributed by atoms with Crippen LogP contribution >= 0.6 is 0 Å². The van der Waals surface area contributed by atoms with Crippen molar-refractivity contribution < 1.29 is 0 Å². The van der Waals surface area contributed by atoms with Crippen molar-refractivity contribution in [3.05, 3.63) is 139 Å². The van der Waals surface area contributed by atoms with E-state index in [4.69, 9.17) is 10.1 Å². The van der Waals surface area contributed by atoms with Crippen LogP contribution in [0.25, 0.3) is 44.8 Å². The van der Waals surface area contributed by atoms with Gasteiger partial charge in [-0.1, -0.05) is 103 Å². The van der Waals surface area contributed by atoms with Gasteiger partial charge in [-0.05, 0) is 55.2 Å². The zero-order valence-electron chi connectivity index (χ0n) is 21.3. The first-order chi connectivity index (χ1) is 18.7. The maximum absolute atomic E-state index is 4.77. The molecule has 4 heteroatoms. The minimum absolute atomic E-state index is 0.708. The van der Waals surface area contributed by atoms with E-state index in [2.05, 4.69) is 84.7 Å². The van der Waals surface area contributed by atoms with Gasteiger partial charge >= 0.3 is 0 Å². The number of aryl methyl sites for hydroxylation is 1. The number of aromatic nitrogens is 4. The SMILES string of the molecule is Cc1ccc(C2=CCCC=C2)cc1.c1ccc(-c2nccc(-c3cc4ccc5ccccc5n4n3)n2)cc1. The lowest BCUT2D eigenvalue weighted by Gasteiger charge is -2.06. The van der Waals surface area contributed by atoms with Crippen LogP contribution in [0.15, 0.2) is 128 Å². The zero-order chi connectivity index (χ0) is 25.7. The third-order valence-corrected chi connectivity index (χ3v) is 6.67. The minimum Gasteiger partial charge on any atom is -0.237 e. The first-order valence-corrected chi connectivity index (χ1v) is 12.9. The van der Waals surface area contributed by atoms with E-state index in [1.807, 2.05) is 53.0 Å². The van der Waals surface area contributed by atoms with Gasteiger partial charge in [0.15, 0.2) is 5.82 Å². The molecule has 3 aromatic heterocycles. The molecule has 7 rings (SSSR count). The van der Waals surface area contributed by atoms with Crippen LogP contribution in [0.5, 0.6) is 0 Å². The summed E-state index contributed by atoms with van der Waals surface area (Å²) in [7, 11) is 0. The standard InChI is InChI=1S/C21H14N4.C13H14/c1-2-7-16(8-3-1)21-22-13-12-18(23-21)19-14-17-11-10-15-6-4-5-9-20(15)25(17)24-19;1-11-7-9-13(10-8-11)12-5-3-2-4-6-12/h1-14H;3,5-10H,2,4H2,1H3. The molecule has 0 N–H and O–H groups in total. The Hall–Kier alpha value is -4.83. The van der Waals surface area contributed by atoms with E-state index in [0.717, 1.165) is 33.4 Å². The molecule has 4 nitrogen and oxygen atoms in total. The Kier molecular flexibility index (Phi) is 6.60. The number of allylic oxidation sites excluding steroid dienone is 4. The number of hydrogen-bond donors (Lipinski definition) is 0. The molecule has 3 heterocycles. The van der Waals surface area contributed by atoms with Gasteiger partial charge in [-0.2, -0.15) is 5.10 Å². The highest BCUT2D eigenvalue weighted by Crippen LogP contribution is 2.24. The number of para-hydroxylation sites is 1. The Morgan fingerprint density at radius 1 is 0.711 bits per heavy atom. The molecule has 0 fully saturated rings. The first kappa shape index (κ1) is 23.6. The molecule has 0 atom stereocenters. The Morgan fingerprint density at radius 3 is 2.34 bits per heavy atom. The van der Waals surface area contributed by atoms with Crippen molar-refractivity contribution in [2.24, 2.45) is 0 Å². The van der Waals surface area contributed by atoms with Crippen LogP contribution in [0.3, 0.4) is 0 Å². The van der Waals surface area contributed by atoms with Crippen molar-refractivity contribution in [1.82, 2.24) is 19.6 Å². The van der Waals surface area contributed by atoms with Gasteiger partial charge in [-0.15, -0.1) is 0 Å². The van der Waals surface area contributed by atoms with E-state index in [9.17, 15) is 0 Å². The highest BCUT2D eigenvalue weighted by atomic mass is 15.2. The van der Waals surface area contributed by atoms with Gasteiger partial charge in [-0.25, -0.2) is 14.5 Å². The number of pyridine rings is 1. The number of rotatable bonds is 3. The molecule has 6 aromatic rings. The number of nitrogens with zero attached hydrogens (tertiary/aromatic N) is 4. The second-order valence-corrected chi connectivity index (χ2v) is 9.40. The summed E-state index contributed by atoms with van der Waals surface area (Å²) in [5.41, 5.74) is 8.82. The van der Waals surface area contributed by atoms with Gasteiger partial charge < -0.3 is 0 Å². The minimum atomic E-state index is 0.708. The predicted octanol–water partition coefficient (Wildman–Crippen LogP) is 8.34. The normalized spacial score (nSPS) is 12.7. The largest absolute Gasteiger partial charge is 0.237 e. The molecule has 1 aliphatic rings. The number of hydrogen-bond acceptors (Lipinski definition) is 3. The van der Waals surface area contributed by atoms with Crippen LogP contribution in [-0.4, -0.2) is 19.6 Å². The fraction of sp³-hybridized carbons (Fsp3) is 0.0882. The van der Waals surface area contributed by atoms with Gasteiger partial charge in [-0.3, -0.25) is 0 Å². The second-order valence-electron chi connectivity index (χ2n) is 9.40. The molecule has 0 aliphatic heterocycles. The van der Waals surface area contributed by atoms with E-state index in [0.29, 0.717) is 5.82 Å². The van der Waals surface area contributed by atoms with E-state index in [1.54, 1.807) is 6.20 Å². The van der Waals surface area contributed by atoms with Crippen LogP contribution in [0.1, 0.15) is 24.0 Å². The third kappa shape index (κ3) is 5.02. The summed E-state index contributed by atoms with van der Waals surface area (Å²) >= 11 is 0. The smallest absolute Gasteiger partial charge is 0.159 e. The summed E-state index contributed by atoms with van der Waals surface area (Å²) in [6.07, 6.45) is 10.9. The predicted molar refractivity (Wildman–Crippen MR) is 157 cm³/mol. The highest BCUT2D eigenvalue weighted by molar-refractivity contribution is 5.83. The lowest BCUT2D eigenvalue weighted by atomic mass is 9.99. The molecule has 0 spiro atoms. The third-order valence-electron chi connectivity index (χ3n) is 6.67. The van der Waals surface area contributed by atoms with Crippen LogP contribution in [0.2, 0.25) is 0 Å². The Morgan fingerprint density at radius 2 is 1.53 bits per heavy atom.